The summed E-state index contributed by atoms with van der Waals surface area (Å²) in [5.41, 5.74) is 1.14. The highest BCUT2D eigenvalue weighted by atomic mass is 127. The Labute approximate surface area is 126 Å². The van der Waals surface area contributed by atoms with Crippen LogP contribution in [0.2, 0.25) is 0 Å². The summed E-state index contributed by atoms with van der Waals surface area (Å²) in [6.45, 7) is 0. The zero-order valence-electron chi connectivity index (χ0n) is 9.59. The van der Waals surface area contributed by atoms with Crippen molar-refractivity contribution in [2.45, 2.75) is 12.5 Å². The van der Waals surface area contributed by atoms with Crippen LogP contribution in [0.3, 0.4) is 0 Å². The second-order valence-electron chi connectivity index (χ2n) is 3.78. The predicted molar refractivity (Wildman–Crippen MR) is 78.2 cm³/mol. The van der Waals surface area contributed by atoms with Gasteiger partial charge in [-0.05, 0) is 28.7 Å². The molecule has 3 N–H and O–H groups in total. The van der Waals surface area contributed by atoms with Gasteiger partial charge in [-0.1, -0.05) is 0 Å². The number of rotatable bonds is 5. The topological polar surface area (TPSA) is 95.1 Å². The highest BCUT2D eigenvalue weighted by Gasteiger charge is 2.22. The molecule has 0 radical (unpaired) electrons. The van der Waals surface area contributed by atoms with E-state index < -0.39 is 12.0 Å². The number of hydrogen-bond acceptors (Lipinski definition) is 4. The number of thiophene rings is 1. The van der Waals surface area contributed by atoms with Crippen LogP contribution in [-0.4, -0.2) is 33.0 Å². The lowest BCUT2D eigenvalue weighted by atomic mass is 10.1. The molecule has 0 saturated carbocycles. The minimum Gasteiger partial charge on any atom is -0.480 e. The summed E-state index contributed by atoms with van der Waals surface area (Å²) in [6.07, 6.45) is 3.18. The van der Waals surface area contributed by atoms with Crippen molar-refractivity contribution in [1.82, 2.24) is 15.3 Å². The first-order valence-corrected chi connectivity index (χ1v) is 7.27. The van der Waals surface area contributed by atoms with E-state index in [4.69, 9.17) is 5.11 Å². The van der Waals surface area contributed by atoms with Gasteiger partial charge in [0.1, 0.15) is 6.04 Å². The van der Waals surface area contributed by atoms with Crippen molar-refractivity contribution < 1.29 is 14.7 Å². The fourth-order valence-electron chi connectivity index (χ4n) is 1.49. The first-order chi connectivity index (χ1) is 9.06. The van der Waals surface area contributed by atoms with Gasteiger partial charge in [-0.2, -0.15) is 0 Å². The molecule has 2 heterocycles. The van der Waals surface area contributed by atoms with Crippen molar-refractivity contribution in [1.29, 1.82) is 0 Å². The van der Waals surface area contributed by atoms with Crippen molar-refractivity contribution >= 4 is 45.8 Å². The number of amides is 1. The summed E-state index contributed by atoms with van der Waals surface area (Å²) in [7, 11) is 0. The molecule has 0 saturated heterocycles. The highest BCUT2D eigenvalue weighted by molar-refractivity contribution is 14.1. The third-order valence-corrected chi connectivity index (χ3v) is 4.20. The highest BCUT2D eigenvalue weighted by Crippen LogP contribution is 2.16. The minimum absolute atomic E-state index is 0.169. The SMILES string of the molecule is O=C(N[C@@H](Cc1cnc[nH]1)C(=O)O)c1csc(I)c1. The number of aromatic nitrogens is 2. The van der Waals surface area contributed by atoms with Crippen LogP contribution in [0.25, 0.3) is 0 Å². The minimum atomic E-state index is -1.08. The number of carboxylic acids is 1. The lowest BCUT2D eigenvalue weighted by Gasteiger charge is -2.12. The molecule has 2 aromatic heterocycles. The van der Waals surface area contributed by atoms with Crippen LogP contribution in [0.1, 0.15) is 16.1 Å². The molecule has 0 aliphatic rings. The van der Waals surface area contributed by atoms with Crippen molar-refractivity contribution in [2.24, 2.45) is 0 Å². The first-order valence-electron chi connectivity index (χ1n) is 5.31. The summed E-state index contributed by atoms with van der Waals surface area (Å²) in [5, 5.41) is 13.3. The number of aliphatic carboxylic acids is 1. The van der Waals surface area contributed by atoms with Crippen LogP contribution in [-0.2, 0) is 11.2 Å². The van der Waals surface area contributed by atoms with E-state index >= 15 is 0 Å². The van der Waals surface area contributed by atoms with E-state index in [9.17, 15) is 9.59 Å². The van der Waals surface area contributed by atoms with Crippen LogP contribution in [0.15, 0.2) is 24.0 Å². The van der Waals surface area contributed by atoms with Gasteiger partial charge in [0.15, 0.2) is 0 Å². The molecule has 0 aliphatic heterocycles. The second kappa shape index (κ2) is 6.15. The molecule has 8 heteroatoms. The summed E-state index contributed by atoms with van der Waals surface area (Å²) < 4.78 is 0.975. The number of H-pyrrole nitrogens is 1. The standard InChI is InChI=1S/C11H10IN3O3S/c12-9-1-6(4-19-9)10(16)15-8(11(17)18)2-7-3-13-5-14-7/h1,3-5,8H,2H2,(H,13,14)(H,15,16)(H,17,18)/t8-/m0/s1. The number of carboxylic acid groups (broad SMARTS) is 1. The maximum atomic E-state index is 11.9. The van der Waals surface area contributed by atoms with Crippen LogP contribution >= 0.6 is 33.9 Å². The summed E-state index contributed by atoms with van der Waals surface area (Å²) in [5.74, 6) is -1.46. The summed E-state index contributed by atoms with van der Waals surface area (Å²) in [6, 6.07) is 0.737. The van der Waals surface area contributed by atoms with Gasteiger partial charge in [-0.15, -0.1) is 11.3 Å². The molecule has 19 heavy (non-hydrogen) atoms. The molecule has 100 valence electrons. The van der Waals surface area contributed by atoms with Gasteiger partial charge in [0.2, 0.25) is 0 Å². The summed E-state index contributed by atoms with van der Waals surface area (Å²) in [4.78, 5) is 29.7. The molecule has 0 aromatic carbocycles. The van der Waals surface area contributed by atoms with E-state index in [0.29, 0.717) is 11.3 Å². The van der Waals surface area contributed by atoms with E-state index in [1.807, 2.05) is 0 Å². The lowest BCUT2D eigenvalue weighted by Crippen LogP contribution is -2.42. The number of aromatic amines is 1. The smallest absolute Gasteiger partial charge is 0.326 e. The van der Waals surface area contributed by atoms with Crippen LogP contribution < -0.4 is 5.32 Å². The van der Waals surface area contributed by atoms with Crippen molar-refractivity contribution in [3.05, 3.63) is 38.1 Å². The van der Waals surface area contributed by atoms with Crippen LogP contribution in [0.4, 0.5) is 0 Å². The van der Waals surface area contributed by atoms with Crippen molar-refractivity contribution in [2.75, 3.05) is 0 Å². The average molecular weight is 391 g/mol. The van der Waals surface area contributed by atoms with Gasteiger partial charge >= 0.3 is 5.97 Å². The quantitative estimate of drug-likeness (QED) is 0.674. The molecule has 0 unspecified atom stereocenters. The molecule has 1 atom stereocenters. The number of nitrogens with zero attached hydrogens (tertiary/aromatic N) is 1. The Bertz CT molecular complexity index is 582. The normalized spacial score (nSPS) is 12.1. The molecule has 0 bridgehead atoms. The Hall–Kier alpha value is -1.42. The van der Waals surface area contributed by atoms with E-state index in [1.165, 1.54) is 23.9 Å². The number of nitrogens with one attached hydrogen (secondary N) is 2. The zero-order valence-corrected chi connectivity index (χ0v) is 12.6. The number of carbonyl (C=O) groups is 2. The Morgan fingerprint density at radius 3 is 2.89 bits per heavy atom. The molecule has 2 aromatic rings. The van der Waals surface area contributed by atoms with E-state index in [2.05, 4.69) is 37.9 Å². The Morgan fingerprint density at radius 2 is 2.37 bits per heavy atom. The lowest BCUT2D eigenvalue weighted by molar-refractivity contribution is -0.139. The maximum absolute atomic E-state index is 11.9. The van der Waals surface area contributed by atoms with Crippen LogP contribution in [0.5, 0.6) is 0 Å². The Morgan fingerprint density at radius 1 is 1.58 bits per heavy atom. The van der Waals surface area contributed by atoms with E-state index in [1.54, 1.807) is 11.4 Å². The first kappa shape index (κ1) is 14.0. The maximum Gasteiger partial charge on any atom is 0.326 e. The Balaban J connectivity index is 2.04. The van der Waals surface area contributed by atoms with Crippen molar-refractivity contribution in [3.63, 3.8) is 0 Å². The largest absolute Gasteiger partial charge is 0.480 e. The number of halogens is 1. The molecule has 2 rings (SSSR count). The number of hydrogen-bond donors (Lipinski definition) is 3. The van der Waals surface area contributed by atoms with E-state index in [0.717, 1.165) is 2.88 Å². The summed E-state index contributed by atoms with van der Waals surface area (Å²) >= 11 is 3.54. The zero-order chi connectivity index (χ0) is 13.8. The van der Waals surface area contributed by atoms with Gasteiger partial charge in [-0.3, -0.25) is 4.79 Å². The van der Waals surface area contributed by atoms with Gasteiger partial charge in [0.25, 0.3) is 5.91 Å². The van der Waals surface area contributed by atoms with Crippen molar-refractivity contribution in [3.8, 4) is 0 Å². The molecule has 0 spiro atoms. The molecule has 6 nitrogen and oxygen atoms in total. The molecule has 0 fully saturated rings. The third kappa shape index (κ3) is 3.77. The van der Waals surface area contributed by atoms with Gasteiger partial charge in [0.05, 0.1) is 14.8 Å². The third-order valence-electron chi connectivity index (χ3n) is 2.41. The number of imidazole rings is 1. The predicted octanol–water partition coefficient (Wildman–Crippen LogP) is 1.50. The molecular weight excluding hydrogens is 381 g/mol. The fraction of sp³-hybridized carbons (Fsp3) is 0.182. The average Bonchev–Trinajstić information content (AvgIpc) is 2.99. The molecular formula is C11H10IN3O3S. The van der Waals surface area contributed by atoms with E-state index in [-0.39, 0.29) is 12.3 Å². The van der Waals surface area contributed by atoms with Gasteiger partial charge in [-0.25, -0.2) is 9.78 Å². The fourth-order valence-corrected chi connectivity index (χ4v) is 2.81. The molecule has 1 amide bonds. The second-order valence-corrected chi connectivity index (χ2v) is 6.59. The Kier molecular flexibility index (Phi) is 4.53. The monoisotopic (exact) mass is 391 g/mol. The van der Waals surface area contributed by atoms with Crippen LogP contribution in [0, 0.1) is 2.88 Å². The molecule has 0 aliphatic carbocycles. The number of carbonyl (C=O) groups excluding carboxylic acids is 1. The van der Waals surface area contributed by atoms with Gasteiger partial charge < -0.3 is 15.4 Å². The van der Waals surface area contributed by atoms with Gasteiger partial charge in [0, 0.05) is 23.7 Å².